The number of nitrogens with zero attached hydrogens (tertiary/aromatic N) is 3. The van der Waals surface area contributed by atoms with Gasteiger partial charge in [0.2, 0.25) is 5.88 Å². The van der Waals surface area contributed by atoms with Crippen LogP contribution in [0.4, 0.5) is 11.5 Å². The highest BCUT2D eigenvalue weighted by Gasteiger charge is 2.11. The van der Waals surface area contributed by atoms with Gasteiger partial charge in [-0.05, 0) is 25.5 Å². The predicted octanol–water partition coefficient (Wildman–Crippen LogP) is 3.31. The fraction of sp³-hybridized carbons (Fsp3) is 0.286. The number of rotatable bonds is 6. The number of hydrogen-bond donors (Lipinski definition) is 1. The second kappa shape index (κ2) is 6.65. The summed E-state index contributed by atoms with van der Waals surface area (Å²) < 4.78 is 5.58. The molecule has 0 bridgehead atoms. The van der Waals surface area contributed by atoms with Crippen molar-refractivity contribution in [2.45, 2.75) is 20.3 Å². The average Bonchev–Trinajstić information content (AvgIpc) is 2.45. The second-order valence-electron chi connectivity index (χ2n) is 4.48. The zero-order valence-electron chi connectivity index (χ0n) is 11.9. The van der Waals surface area contributed by atoms with E-state index in [1.165, 1.54) is 12.3 Å². The van der Waals surface area contributed by atoms with Crippen LogP contribution in [0.1, 0.15) is 18.9 Å². The van der Waals surface area contributed by atoms with Gasteiger partial charge in [0.15, 0.2) is 0 Å². The Morgan fingerprint density at radius 2 is 2.19 bits per heavy atom. The third kappa shape index (κ3) is 3.88. The number of aryl methyl sites for hydroxylation is 1. The van der Waals surface area contributed by atoms with E-state index in [2.05, 4.69) is 22.2 Å². The number of benzene rings is 1. The Morgan fingerprint density at radius 3 is 2.86 bits per heavy atom. The summed E-state index contributed by atoms with van der Waals surface area (Å²) in [6.45, 7) is 4.52. The zero-order valence-corrected chi connectivity index (χ0v) is 11.9. The van der Waals surface area contributed by atoms with Crippen molar-refractivity contribution in [3.63, 3.8) is 0 Å². The molecule has 110 valence electrons. The maximum absolute atomic E-state index is 10.8. The molecule has 1 heterocycles. The Kier molecular flexibility index (Phi) is 4.65. The molecule has 0 saturated heterocycles. The molecule has 0 atom stereocenters. The second-order valence-corrected chi connectivity index (χ2v) is 4.48. The number of hydrogen-bond acceptors (Lipinski definition) is 6. The third-order valence-electron chi connectivity index (χ3n) is 2.76. The Bertz CT molecular complexity index is 646. The first-order valence-corrected chi connectivity index (χ1v) is 6.59. The Labute approximate surface area is 122 Å². The lowest BCUT2D eigenvalue weighted by molar-refractivity contribution is -0.385. The van der Waals surface area contributed by atoms with Crippen molar-refractivity contribution in [1.82, 2.24) is 9.97 Å². The van der Waals surface area contributed by atoms with Crippen LogP contribution in [0.5, 0.6) is 11.6 Å². The van der Waals surface area contributed by atoms with Gasteiger partial charge in [0.05, 0.1) is 17.3 Å². The molecule has 0 unspecified atom stereocenters. The Balaban J connectivity index is 2.14. The van der Waals surface area contributed by atoms with Crippen molar-refractivity contribution in [3.8, 4) is 11.6 Å². The summed E-state index contributed by atoms with van der Waals surface area (Å²) in [5, 5.41) is 13.9. The quantitative estimate of drug-likeness (QED) is 0.647. The molecule has 0 spiro atoms. The van der Waals surface area contributed by atoms with Crippen LogP contribution in [0.15, 0.2) is 30.6 Å². The lowest BCUT2D eigenvalue weighted by atomic mass is 10.2. The molecular formula is C14H16N4O3. The minimum absolute atomic E-state index is 0.0618. The summed E-state index contributed by atoms with van der Waals surface area (Å²) in [7, 11) is 0. The van der Waals surface area contributed by atoms with E-state index in [1.54, 1.807) is 25.3 Å². The van der Waals surface area contributed by atoms with Crippen LogP contribution in [0.3, 0.4) is 0 Å². The standard InChI is InChI=1S/C14H16N4O3/c1-3-6-16-13-8-15-9-14(17-13)21-11-4-5-12(18(19)20)10(2)7-11/h4-5,7-9H,3,6H2,1-2H3,(H,16,17). The highest BCUT2D eigenvalue weighted by molar-refractivity contribution is 5.45. The number of nitro benzene ring substituents is 1. The van der Waals surface area contributed by atoms with Crippen molar-refractivity contribution in [2.75, 3.05) is 11.9 Å². The van der Waals surface area contributed by atoms with E-state index in [9.17, 15) is 10.1 Å². The summed E-state index contributed by atoms with van der Waals surface area (Å²) >= 11 is 0. The molecule has 0 fully saturated rings. The SMILES string of the molecule is CCCNc1cncc(Oc2ccc([N+](=O)[O-])c(C)c2)n1. The topological polar surface area (TPSA) is 90.2 Å². The summed E-state index contributed by atoms with van der Waals surface area (Å²) in [6.07, 6.45) is 4.09. The molecule has 2 rings (SSSR count). The largest absolute Gasteiger partial charge is 0.437 e. The van der Waals surface area contributed by atoms with E-state index >= 15 is 0 Å². The number of anilines is 1. The minimum atomic E-state index is -0.422. The first kappa shape index (κ1) is 14.7. The van der Waals surface area contributed by atoms with Crippen LogP contribution in [-0.2, 0) is 0 Å². The van der Waals surface area contributed by atoms with Crippen LogP contribution in [0.2, 0.25) is 0 Å². The number of nitro groups is 1. The molecule has 21 heavy (non-hydrogen) atoms. The van der Waals surface area contributed by atoms with Gasteiger partial charge in [0, 0.05) is 18.2 Å². The van der Waals surface area contributed by atoms with E-state index in [4.69, 9.17) is 4.74 Å². The molecule has 7 heteroatoms. The first-order chi connectivity index (χ1) is 10.1. The van der Waals surface area contributed by atoms with Crippen molar-refractivity contribution in [3.05, 3.63) is 46.3 Å². The van der Waals surface area contributed by atoms with Crippen LogP contribution in [0.25, 0.3) is 0 Å². The van der Waals surface area contributed by atoms with Gasteiger partial charge >= 0.3 is 0 Å². The molecule has 2 aromatic rings. The summed E-state index contributed by atoms with van der Waals surface area (Å²) in [5.74, 6) is 1.46. The van der Waals surface area contributed by atoms with E-state index < -0.39 is 4.92 Å². The highest BCUT2D eigenvalue weighted by Crippen LogP contribution is 2.26. The van der Waals surface area contributed by atoms with Gasteiger partial charge in [-0.15, -0.1) is 0 Å². The summed E-state index contributed by atoms with van der Waals surface area (Å²) in [6, 6.07) is 4.56. The van der Waals surface area contributed by atoms with Gasteiger partial charge in [0.1, 0.15) is 11.6 Å². The molecule has 1 aromatic heterocycles. The lowest BCUT2D eigenvalue weighted by Crippen LogP contribution is -2.03. The highest BCUT2D eigenvalue weighted by atomic mass is 16.6. The monoisotopic (exact) mass is 288 g/mol. The number of aromatic nitrogens is 2. The molecular weight excluding hydrogens is 272 g/mol. The molecule has 0 aliphatic heterocycles. The number of nitrogens with one attached hydrogen (secondary N) is 1. The first-order valence-electron chi connectivity index (χ1n) is 6.59. The van der Waals surface area contributed by atoms with Crippen LogP contribution in [0, 0.1) is 17.0 Å². The molecule has 0 aliphatic rings. The van der Waals surface area contributed by atoms with Crippen LogP contribution >= 0.6 is 0 Å². The van der Waals surface area contributed by atoms with Gasteiger partial charge in [-0.1, -0.05) is 6.92 Å². The minimum Gasteiger partial charge on any atom is -0.437 e. The lowest BCUT2D eigenvalue weighted by Gasteiger charge is -2.08. The average molecular weight is 288 g/mol. The zero-order chi connectivity index (χ0) is 15.2. The molecule has 1 N–H and O–H groups in total. The fourth-order valence-electron chi connectivity index (χ4n) is 1.75. The van der Waals surface area contributed by atoms with Gasteiger partial charge in [-0.2, -0.15) is 4.98 Å². The van der Waals surface area contributed by atoms with Crippen molar-refractivity contribution in [1.29, 1.82) is 0 Å². The Hall–Kier alpha value is -2.70. The molecule has 0 saturated carbocycles. The van der Waals surface area contributed by atoms with Crippen LogP contribution in [-0.4, -0.2) is 21.4 Å². The summed E-state index contributed by atoms with van der Waals surface area (Å²) in [4.78, 5) is 18.7. The Morgan fingerprint density at radius 1 is 1.38 bits per heavy atom. The molecule has 7 nitrogen and oxygen atoms in total. The van der Waals surface area contributed by atoms with Crippen molar-refractivity contribution in [2.24, 2.45) is 0 Å². The van der Waals surface area contributed by atoms with E-state index in [0.717, 1.165) is 13.0 Å². The fourth-order valence-corrected chi connectivity index (χ4v) is 1.75. The number of ether oxygens (including phenoxy) is 1. The smallest absolute Gasteiger partial charge is 0.272 e. The molecule has 1 aromatic carbocycles. The van der Waals surface area contributed by atoms with Crippen molar-refractivity contribution >= 4 is 11.5 Å². The van der Waals surface area contributed by atoms with E-state index in [-0.39, 0.29) is 5.69 Å². The third-order valence-corrected chi connectivity index (χ3v) is 2.76. The van der Waals surface area contributed by atoms with Gasteiger partial charge in [-0.25, -0.2) is 0 Å². The molecule has 0 aliphatic carbocycles. The maximum atomic E-state index is 10.8. The van der Waals surface area contributed by atoms with Crippen LogP contribution < -0.4 is 10.1 Å². The summed E-state index contributed by atoms with van der Waals surface area (Å²) in [5.41, 5.74) is 0.595. The normalized spacial score (nSPS) is 10.2. The van der Waals surface area contributed by atoms with Gasteiger partial charge < -0.3 is 10.1 Å². The van der Waals surface area contributed by atoms with Gasteiger partial charge in [-0.3, -0.25) is 15.1 Å². The maximum Gasteiger partial charge on any atom is 0.272 e. The van der Waals surface area contributed by atoms with Gasteiger partial charge in [0.25, 0.3) is 5.69 Å². The van der Waals surface area contributed by atoms with E-state index in [0.29, 0.717) is 23.0 Å². The van der Waals surface area contributed by atoms with Crippen molar-refractivity contribution < 1.29 is 9.66 Å². The predicted molar refractivity (Wildman–Crippen MR) is 78.7 cm³/mol. The molecule has 0 amide bonds. The van der Waals surface area contributed by atoms with E-state index in [1.807, 2.05) is 0 Å². The molecule has 0 radical (unpaired) electrons.